The summed E-state index contributed by atoms with van der Waals surface area (Å²) >= 11 is 5.91. The zero-order chi connectivity index (χ0) is 15.2. The van der Waals surface area contributed by atoms with Gasteiger partial charge in [0.05, 0.1) is 0 Å². The predicted octanol–water partition coefficient (Wildman–Crippen LogP) is 2.38. The normalized spacial score (nSPS) is 15.6. The summed E-state index contributed by atoms with van der Waals surface area (Å²) in [4.78, 5) is 16.4. The number of nitrogens with zero attached hydrogens (tertiary/aromatic N) is 2. The maximum atomic E-state index is 12.1. The molecule has 1 aliphatic heterocycles. The molecule has 0 radical (unpaired) electrons. The van der Waals surface area contributed by atoms with E-state index in [0.29, 0.717) is 12.5 Å². The molecule has 1 aromatic carbocycles. The van der Waals surface area contributed by atoms with Crippen LogP contribution in [0.15, 0.2) is 24.3 Å². The van der Waals surface area contributed by atoms with Crippen LogP contribution in [0.25, 0.3) is 0 Å². The Morgan fingerprint density at radius 2 is 1.81 bits per heavy atom. The molecule has 0 saturated carbocycles. The Labute approximate surface area is 132 Å². The van der Waals surface area contributed by atoms with Crippen molar-refractivity contribution in [2.45, 2.75) is 26.3 Å². The molecule has 1 aliphatic rings. The average molecular weight is 310 g/mol. The SMILES string of the molecule is CC(C)NCCC(=O)N1CCN(c2ccc(Cl)cc2)CC1. The van der Waals surface area contributed by atoms with E-state index < -0.39 is 0 Å². The minimum absolute atomic E-state index is 0.249. The van der Waals surface area contributed by atoms with E-state index in [2.05, 4.69) is 24.1 Å². The first-order valence-electron chi connectivity index (χ1n) is 7.58. The third-order valence-corrected chi connectivity index (χ3v) is 3.97. The van der Waals surface area contributed by atoms with E-state index >= 15 is 0 Å². The highest BCUT2D eigenvalue weighted by Crippen LogP contribution is 2.19. The van der Waals surface area contributed by atoms with E-state index in [1.807, 2.05) is 29.2 Å². The molecule has 1 heterocycles. The lowest BCUT2D eigenvalue weighted by Crippen LogP contribution is -2.49. The van der Waals surface area contributed by atoms with Gasteiger partial charge in [-0.3, -0.25) is 4.79 Å². The molecule has 21 heavy (non-hydrogen) atoms. The molecule has 1 aromatic rings. The Morgan fingerprint density at radius 3 is 2.38 bits per heavy atom. The summed E-state index contributed by atoms with van der Waals surface area (Å²) in [6.07, 6.45) is 0.582. The third kappa shape index (κ3) is 4.90. The van der Waals surface area contributed by atoms with Crippen molar-refractivity contribution in [3.63, 3.8) is 0 Å². The monoisotopic (exact) mass is 309 g/mol. The van der Waals surface area contributed by atoms with Crippen LogP contribution in [0.4, 0.5) is 5.69 Å². The molecule has 0 atom stereocenters. The number of nitrogens with one attached hydrogen (secondary N) is 1. The van der Waals surface area contributed by atoms with Gasteiger partial charge in [-0.15, -0.1) is 0 Å². The summed E-state index contributed by atoms with van der Waals surface area (Å²) in [5.74, 6) is 0.249. The molecular formula is C16H24ClN3O. The Bertz CT molecular complexity index is 453. The molecule has 1 fully saturated rings. The number of benzene rings is 1. The molecular weight excluding hydrogens is 286 g/mol. The number of piperazine rings is 1. The van der Waals surface area contributed by atoms with Gasteiger partial charge in [-0.2, -0.15) is 0 Å². The van der Waals surface area contributed by atoms with Crippen LogP contribution in [-0.4, -0.2) is 49.6 Å². The number of amides is 1. The fourth-order valence-corrected chi connectivity index (χ4v) is 2.62. The van der Waals surface area contributed by atoms with E-state index in [4.69, 9.17) is 11.6 Å². The van der Waals surface area contributed by atoms with Crippen LogP contribution in [-0.2, 0) is 4.79 Å². The van der Waals surface area contributed by atoms with Crippen molar-refractivity contribution >= 4 is 23.2 Å². The number of anilines is 1. The van der Waals surface area contributed by atoms with Gasteiger partial charge in [0.15, 0.2) is 0 Å². The molecule has 0 bridgehead atoms. The van der Waals surface area contributed by atoms with Gasteiger partial charge in [0, 0.05) is 55.9 Å². The lowest BCUT2D eigenvalue weighted by Gasteiger charge is -2.36. The second-order valence-corrected chi connectivity index (χ2v) is 6.14. The van der Waals surface area contributed by atoms with Gasteiger partial charge in [-0.1, -0.05) is 25.4 Å². The van der Waals surface area contributed by atoms with Gasteiger partial charge in [0.2, 0.25) is 5.91 Å². The number of rotatable bonds is 5. The van der Waals surface area contributed by atoms with Crippen molar-refractivity contribution < 1.29 is 4.79 Å². The Balaban J connectivity index is 1.77. The highest BCUT2D eigenvalue weighted by molar-refractivity contribution is 6.30. The highest BCUT2D eigenvalue weighted by Gasteiger charge is 2.20. The van der Waals surface area contributed by atoms with Gasteiger partial charge in [0.25, 0.3) is 0 Å². The second-order valence-electron chi connectivity index (χ2n) is 5.70. The van der Waals surface area contributed by atoms with Gasteiger partial charge in [-0.05, 0) is 24.3 Å². The molecule has 5 heteroatoms. The maximum Gasteiger partial charge on any atom is 0.223 e. The first-order chi connectivity index (χ1) is 10.1. The van der Waals surface area contributed by atoms with Crippen molar-refractivity contribution in [3.8, 4) is 0 Å². The van der Waals surface area contributed by atoms with Crippen LogP contribution in [0.3, 0.4) is 0 Å². The smallest absolute Gasteiger partial charge is 0.223 e. The van der Waals surface area contributed by atoms with Gasteiger partial charge < -0.3 is 15.1 Å². The molecule has 2 rings (SSSR count). The third-order valence-electron chi connectivity index (χ3n) is 3.72. The maximum absolute atomic E-state index is 12.1. The van der Waals surface area contributed by atoms with Gasteiger partial charge in [0.1, 0.15) is 0 Å². The first kappa shape index (κ1) is 16.1. The zero-order valence-corrected chi connectivity index (χ0v) is 13.6. The number of hydrogen-bond acceptors (Lipinski definition) is 3. The summed E-state index contributed by atoms with van der Waals surface area (Å²) in [5.41, 5.74) is 1.17. The molecule has 116 valence electrons. The van der Waals surface area contributed by atoms with Crippen LogP contribution >= 0.6 is 11.6 Å². The molecule has 1 saturated heterocycles. The number of carbonyl (C=O) groups is 1. The molecule has 1 N–H and O–H groups in total. The molecule has 0 aliphatic carbocycles. The van der Waals surface area contributed by atoms with Crippen LogP contribution < -0.4 is 10.2 Å². The minimum atomic E-state index is 0.249. The molecule has 1 amide bonds. The predicted molar refractivity (Wildman–Crippen MR) is 88.0 cm³/mol. The lowest BCUT2D eigenvalue weighted by molar-refractivity contribution is -0.131. The Hall–Kier alpha value is -1.26. The van der Waals surface area contributed by atoms with E-state index in [9.17, 15) is 4.79 Å². The van der Waals surface area contributed by atoms with Crippen LogP contribution in [0.1, 0.15) is 20.3 Å². The molecule has 4 nitrogen and oxygen atoms in total. The second kappa shape index (κ2) is 7.66. The van der Waals surface area contributed by atoms with Crippen molar-refractivity contribution in [2.24, 2.45) is 0 Å². The Kier molecular flexibility index (Phi) is 5.88. The lowest BCUT2D eigenvalue weighted by atomic mass is 10.2. The van der Waals surface area contributed by atoms with E-state index in [-0.39, 0.29) is 5.91 Å². The quantitative estimate of drug-likeness (QED) is 0.907. The van der Waals surface area contributed by atoms with Crippen molar-refractivity contribution in [1.29, 1.82) is 0 Å². The average Bonchev–Trinajstić information content (AvgIpc) is 2.48. The standard InChI is InChI=1S/C16H24ClN3O/c1-13(2)18-8-7-16(21)20-11-9-19(10-12-20)15-5-3-14(17)4-6-15/h3-6,13,18H,7-12H2,1-2H3. The highest BCUT2D eigenvalue weighted by atomic mass is 35.5. The van der Waals surface area contributed by atoms with Crippen LogP contribution in [0, 0.1) is 0 Å². The number of hydrogen-bond donors (Lipinski definition) is 1. The van der Waals surface area contributed by atoms with E-state index in [1.54, 1.807) is 0 Å². The van der Waals surface area contributed by atoms with Crippen molar-refractivity contribution in [1.82, 2.24) is 10.2 Å². The fraction of sp³-hybridized carbons (Fsp3) is 0.562. The molecule has 0 spiro atoms. The summed E-state index contributed by atoms with van der Waals surface area (Å²) in [7, 11) is 0. The zero-order valence-electron chi connectivity index (χ0n) is 12.8. The summed E-state index contributed by atoms with van der Waals surface area (Å²) in [6, 6.07) is 8.32. The summed E-state index contributed by atoms with van der Waals surface area (Å²) in [6.45, 7) is 8.29. The van der Waals surface area contributed by atoms with Gasteiger partial charge in [-0.25, -0.2) is 0 Å². The molecule has 0 unspecified atom stereocenters. The topological polar surface area (TPSA) is 35.6 Å². The van der Waals surface area contributed by atoms with Gasteiger partial charge >= 0.3 is 0 Å². The van der Waals surface area contributed by atoms with Crippen molar-refractivity contribution in [2.75, 3.05) is 37.6 Å². The molecule has 0 aromatic heterocycles. The van der Waals surface area contributed by atoms with E-state index in [0.717, 1.165) is 37.7 Å². The Morgan fingerprint density at radius 1 is 1.19 bits per heavy atom. The van der Waals surface area contributed by atoms with Crippen molar-refractivity contribution in [3.05, 3.63) is 29.3 Å². The summed E-state index contributed by atoms with van der Waals surface area (Å²) < 4.78 is 0. The summed E-state index contributed by atoms with van der Waals surface area (Å²) in [5, 5.41) is 4.04. The minimum Gasteiger partial charge on any atom is -0.368 e. The number of halogens is 1. The number of carbonyl (C=O) groups excluding carboxylic acids is 1. The fourth-order valence-electron chi connectivity index (χ4n) is 2.49. The largest absolute Gasteiger partial charge is 0.368 e. The van der Waals surface area contributed by atoms with Crippen LogP contribution in [0.2, 0.25) is 5.02 Å². The first-order valence-corrected chi connectivity index (χ1v) is 7.96. The van der Waals surface area contributed by atoms with E-state index in [1.165, 1.54) is 5.69 Å². The van der Waals surface area contributed by atoms with Crippen LogP contribution in [0.5, 0.6) is 0 Å².